The summed E-state index contributed by atoms with van der Waals surface area (Å²) in [5.74, 6) is 1.58. The Morgan fingerprint density at radius 2 is 1.86 bits per heavy atom. The highest BCUT2D eigenvalue weighted by Gasteiger charge is 2.08. The Hall–Kier alpha value is -1.38. The Morgan fingerprint density at radius 1 is 1.14 bits per heavy atom. The molecule has 0 heterocycles. The molecule has 0 atom stereocenters. The molecule has 78 valence electrons. The number of nitrogens with one attached hydrogen (secondary N) is 1. The quantitative estimate of drug-likeness (QED) is 0.783. The molecule has 0 aromatic heterocycles. The maximum atomic E-state index is 5.52. The summed E-state index contributed by atoms with van der Waals surface area (Å²) in [6.45, 7) is 5.20. The van der Waals surface area contributed by atoms with E-state index >= 15 is 0 Å². The first kappa shape index (κ1) is 10.7. The van der Waals surface area contributed by atoms with Gasteiger partial charge in [0.2, 0.25) is 0 Å². The van der Waals surface area contributed by atoms with Crippen LogP contribution in [0.15, 0.2) is 18.2 Å². The molecule has 0 amide bonds. The summed E-state index contributed by atoms with van der Waals surface area (Å²) in [6, 6.07) is 5.82. The van der Waals surface area contributed by atoms with Gasteiger partial charge in [0.15, 0.2) is 11.5 Å². The van der Waals surface area contributed by atoms with E-state index in [9.17, 15) is 0 Å². The largest absolute Gasteiger partial charge is 0.490 e. The van der Waals surface area contributed by atoms with E-state index in [-0.39, 0.29) is 0 Å². The van der Waals surface area contributed by atoms with Crippen LogP contribution in [0.25, 0.3) is 0 Å². The van der Waals surface area contributed by atoms with Gasteiger partial charge in [-0.3, -0.25) is 0 Å². The Kier molecular flexibility index (Phi) is 4.11. The van der Waals surface area contributed by atoms with Crippen LogP contribution in [0.5, 0.6) is 11.5 Å². The Labute approximate surface area is 85.0 Å². The van der Waals surface area contributed by atoms with E-state index in [2.05, 4.69) is 5.32 Å². The summed E-state index contributed by atoms with van der Waals surface area (Å²) in [6.07, 6.45) is 0. The summed E-state index contributed by atoms with van der Waals surface area (Å²) in [5.41, 5.74) is 0.956. The van der Waals surface area contributed by atoms with Crippen molar-refractivity contribution in [3.63, 3.8) is 0 Å². The Morgan fingerprint density at radius 3 is 2.43 bits per heavy atom. The van der Waals surface area contributed by atoms with Crippen molar-refractivity contribution >= 4 is 5.69 Å². The molecule has 0 unspecified atom stereocenters. The molecule has 1 N–H and O–H groups in total. The van der Waals surface area contributed by atoms with Gasteiger partial charge in [0.25, 0.3) is 0 Å². The first-order valence-electron chi connectivity index (χ1n) is 4.89. The van der Waals surface area contributed by atoms with Crippen LogP contribution in [0.2, 0.25) is 0 Å². The number of benzene rings is 1. The molecular weight excluding hydrogens is 178 g/mol. The fraction of sp³-hybridized carbons (Fsp3) is 0.455. The van der Waals surface area contributed by atoms with Crippen molar-refractivity contribution < 1.29 is 9.47 Å². The van der Waals surface area contributed by atoms with Crippen LogP contribution in [0.4, 0.5) is 5.69 Å². The van der Waals surface area contributed by atoms with Gasteiger partial charge in [-0.05, 0) is 26.0 Å². The van der Waals surface area contributed by atoms with Crippen LogP contribution < -0.4 is 14.8 Å². The SMILES string of the molecule is CCOc1cccc(NC)c1OCC. The molecule has 0 spiro atoms. The summed E-state index contributed by atoms with van der Waals surface area (Å²) in [4.78, 5) is 0. The van der Waals surface area contributed by atoms with Crippen LogP contribution in [0, 0.1) is 0 Å². The minimum absolute atomic E-state index is 0.638. The van der Waals surface area contributed by atoms with Crippen molar-refractivity contribution in [1.29, 1.82) is 0 Å². The zero-order valence-corrected chi connectivity index (χ0v) is 8.96. The third kappa shape index (κ3) is 2.31. The molecule has 0 aliphatic heterocycles. The standard InChI is InChI=1S/C11H17NO2/c1-4-13-10-8-6-7-9(12-3)11(10)14-5-2/h6-8,12H,4-5H2,1-3H3. The topological polar surface area (TPSA) is 30.5 Å². The van der Waals surface area contributed by atoms with Crippen LogP contribution in [-0.4, -0.2) is 20.3 Å². The molecule has 0 aliphatic rings. The van der Waals surface area contributed by atoms with Gasteiger partial charge >= 0.3 is 0 Å². The van der Waals surface area contributed by atoms with Gasteiger partial charge in [-0.25, -0.2) is 0 Å². The third-order valence-corrected chi connectivity index (χ3v) is 1.84. The minimum Gasteiger partial charge on any atom is -0.490 e. The van der Waals surface area contributed by atoms with Gasteiger partial charge in [-0.1, -0.05) is 6.07 Å². The average Bonchev–Trinajstić information content (AvgIpc) is 2.21. The van der Waals surface area contributed by atoms with E-state index in [1.165, 1.54) is 0 Å². The normalized spacial score (nSPS) is 9.64. The molecule has 3 heteroatoms. The van der Waals surface area contributed by atoms with Crippen molar-refractivity contribution in [2.24, 2.45) is 0 Å². The maximum Gasteiger partial charge on any atom is 0.184 e. The summed E-state index contributed by atoms with van der Waals surface area (Å²) < 4.78 is 11.0. The highest BCUT2D eigenvalue weighted by Crippen LogP contribution is 2.34. The third-order valence-electron chi connectivity index (χ3n) is 1.84. The minimum atomic E-state index is 0.638. The number of rotatable bonds is 5. The second-order valence-corrected chi connectivity index (χ2v) is 2.75. The average molecular weight is 195 g/mol. The lowest BCUT2D eigenvalue weighted by molar-refractivity contribution is 0.289. The number of hydrogen-bond acceptors (Lipinski definition) is 3. The molecule has 0 aliphatic carbocycles. The molecule has 0 bridgehead atoms. The van der Waals surface area contributed by atoms with E-state index in [1.807, 2.05) is 39.1 Å². The first-order chi connectivity index (χ1) is 6.83. The smallest absolute Gasteiger partial charge is 0.184 e. The van der Waals surface area contributed by atoms with Crippen molar-refractivity contribution in [2.75, 3.05) is 25.6 Å². The number of anilines is 1. The summed E-state index contributed by atoms with van der Waals surface area (Å²) >= 11 is 0. The molecular formula is C11H17NO2. The van der Waals surface area contributed by atoms with E-state index in [1.54, 1.807) is 0 Å². The molecule has 1 rings (SSSR count). The van der Waals surface area contributed by atoms with Crippen LogP contribution in [0.1, 0.15) is 13.8 Å². The van der Waals surface area contributed by atoms with Crippen LogP contribution in [-0.2, 0) is 0 Å². The zero-order chi connectivity index (χ0) is 10.4. The molecule has 14 heavy (non-hydrogen) atoms. The van der Waals surface area contributed by atoms with Crippen molar-refractivity contribution in [3.8, 4) is 11.5 Å². The number of ether oxygens (including phenoxy) is 2. The predicted molar refractivity (Wildman–Crippen MR) is 58.3 cm³/mol. The summed E-state index contributed by atoms with van der Waals surface area (Å²) in [7, 11) is 1.87. The van der Waals surface area contributed by atoms with Crippen LogP contribution >= 0.6 is 0 Å². The molecule has 1 aromatic carbocycles. The van der Waals surface area contributed by atoms with Gasteiger partial charge in [-0.2, -0.15) is 0 Å². The second-order valence-electron chi connectivity index (χ2n) is 2.75. The highest BCUT2D eigenvalue weighted by molar-refractivity contribution is 5.62. The van der Waals surface area contributed by atoms with Crippen molar-refractivity contribution in [3.05, 3.63) is 18.2 Å². The molecule has 0 radical (unpaired) electrons. The lowest BCUT2D eigenvalue weighted by atomic mass is 10.2. The van der Waals surface area contributed by atoms with Crippen molar-refractivity contribution in [1.82, 2.24) is 0 Å². The van der Waals surface area contributed by atoms with E-state index in [0.717, 1.165) is 17.2 Å². The second kappa shape index (κ2) is 5.37. The van der Waals surface area contributed by atoms with Gasteiger partial charge in [0.05, 0.1) is 18.9 Å². The predicted octanol–water partition coefficient (Wildman–Crippen LogP) is 2.53. The zero-order valence-electron chi connectivity index (χ0n) is 8.96. The van der Waals surface area contributed by atoms with Gasteiger partial charge in [0.1, 0.15) is 0 Å². The van der Waals surface area contributed by atoms with E-state index < -0.39 is 0 Å². The summed E-state index contributed by atoms with van der Waals surface area (Å²) in [5, 5.41) is 3.07. The molecule has 1 aromatic rings. The number of para-hydroxylation sites is 1. The first-order valence-corrected chi connectivity index (χ1v) is 4.89. The van der Waals surface area contributed by atoms with Crippen molar-refractivity contribution in [2.45, 2.75) is 13.8 Å². The van der Waals surface area contributed by atoms with E-state index in [0.29, 0.717) is 13.2 Å². The van der Waals surface area contributed by atoms with Gasteiger partial charge < -0.3 is 14.8 Å². The molecule has 3 nitrogen and oxygen atoms in total. The van der Waals surface area contributed by atoms with Gasteiger partial charge in [-0.15, -0.1) is 0 Å². The molecule has 0 saturated carbocycles. The van der Waals surface area contributed by atoms with Crippen LogP contribution in [0.3, 0.4) is 0 Å². The Balaban J connectivity index is 3.00. The highest BCUT2D eigenvalue weighted by atomic mass is 16.5. The lowest BCUT2D eigenvalue weighted by Crippen LogP contribution is -2.01. The Bertz CT molecular complexity index is 287. The maximum absolute atomic E-state index is 5.52. The number of hydrogen-bond donors (Lipinski definition) is 1. The monoisotopic (exact) mass is 195 g/mol. The molecule has 0 fully saturated rings. The van der Waals surface area contributed by atoms with E-state index in [4.69, 9.17) is 9.47 Å². The fourth-order valence-corrected chi connectivity index (χ4v) is 1.28. The molecule has 0 saturated heterocycles. The lowest BCUT2D eigenvalue weighted by Gasteiger charge is -2.14. The fourth-order valence-electron chi connectivity index (χ4n) is 1.28. The van der Waals surface area contributed by atoms with Gasteiger partial charge in [0, 0.05) is 7.05 Å².